The third-order valence-electron chi connectivity index (χ3n) is 2.46. The summed E-state index contributed by atoms with van der Waals surface area (Å²) < 4.78 is 5.42. The summed E-state index contributed by atoms with van der Waals surface area (Å²) in [7, 11) is 0. The zero-order valence-corrected chi connectivity index (χ0v) is 10.7. The van der Waals surface area contributed by atoms with Crippen molar-refractivity contribution in [1.29, 1.82) is 0 Å². The lowest BCUT2D eigenvalue weighted by Crippen LogP contribution is -2.25. The average molecular weight is 257 g/mol. The molecule has 1 amide bonds. The normalized spacial score (nSPS) is 14.1. The molecule has 17 heavy (non-hydrogen) atoms. The van der Waals surface area contributed by atoms with Crippen molar-refractivity contribution in [3.8, 4) is 5.75 Å². The number of hydrogen-bond acceptors (Lipinski definition) is 3. The Morgan fingerprint density at radius 3 is 2.59 bits per heavy atom. The van der Waals surface area contributed by atoms with Crippen LogP contribution in [-0.4, -0.2) is 12.5 Å². The molecule has 0 aromatic heterocycles. The van der Waals surface area contributed by atoms with Crippen LogP contribution in [0.15, 0.2) is 18.2 Å². The van der Waals surface area contributed by atoms with Crippen molar-refractivity contribution in [2.75, 3.05) is 6.61 Å². The van der Waals surface area contributed by atoms with Crippen LogP contribution in [0, 0.1) is 5.92 Å². The van der Waals surface area contributed by atoms with Crippen LogP contribution in [0.2, 0.25) is 5.02 Å². The van der Waals surface area contributed by atoms with E-state index in [-0.39, 0.29) is 18.6 Å². The topological polar surface area (TPSA) is 78.3 Å². The molecular weight excluding hydrogens is 240 g/mol. The maximum absolute atomic E-state index is 10.8. The number of benzene rings is 1. The molecule has 0 fully saturated rings. The molecule has 0 spiro atoms. The highest BCUT2D eigenvalue weighted by molar-refractivity contribution is 6.32. The van der Waals surface area contributed by atoms with Gasteiger partial charge in [0.1, 0.15) is 5.75 Å². The Labute approximate surface area is 106 Å². The summed E-state index contributed by atoms with van der Waals surface area (Å²) in [5, 5.41) is 0.483. The molecule has 5 heteroatoms. The highest BCUT2D eigenvalue weighted by Gasteiger charge is 2.11. The second-order valence-corrected chi connectivity index (χ2v) is 4.50. The van der Waals surface area contributed by atoms with Crippen LogP contribution in [0.1, 0.15) is 25.5 Å². The van der Waals surface area contributed by atoms with Crippen LogP contribution in [0.25, 0.3) is 0 Å². The van der Waals surface area contributed by atoms with Crippen LogP contribution in [-0.2, 0) is 4.79 Å². The van der Waals surface area contributed by atoms with Crippen molar-refractivity contribution in [2.24, 2.45) is 17.4 Å². The Balaban J connectivity index is 2.70. The molecule has 0 aliphatic heterocycles. The van der Waals surface area contributed by atoms with Gasteiger partial charge >= 0.3 is 0 Å². The predicted molar refractivity (Wildman–Crippen MR) is 67.9 cm³/mol. The van der Waals surface area contributed by atoms with Gasteiger partial charge in [-0.2, -0.15) is 0 Å². The number of hydrogen-bond donors (Lipinski definition) is 2. The molecule has 0 heterocycles. The third-order valence-corrected chi connectivity index (χ3v) is 2.75. The minimum absolute atomic E-state index is 0.0777. The molecule has 1 aromatic rings. The summed E-state index contributed by atoms with van der Waals surface area (Å²) in [6.07, 6.45) is 0. The van der Waals surface area contributed by atoms with Crippen molar-refractivity contribution >= 4 is 17.5 Å². The lowest BCUT2D eigenvalue weighted by atomic mass is 10.1. The van der Waals surface area contributed by atoms with E-state index in [0.717, 1.165) is 5.56 Å². The lowest BCUT2D eigenvalue weighted by Gasteiger charge is -2.13. The number of rotatable bonds is 5. The highest BCUT2D eigenvalue weighted by atomic mass is 35.5. The summed E-state index contributed by atoms with van der Waals surface area (Å²) in [5.41, 5.74) is 11.8. The van der Waals surface area contributed by atoms with Crippen LogP contribution in [0.5, 0.6) is 5.75 Å². The van der Waals surface area contributed by atoms with Crippen molar-refractivity contribution in [2.45, 2.75) is 19.9 Å². The van der Waals surface area contributed by atoms with Crippen LogP contribution in [0.3, 0.4) is 0 Å². The number of carbonyl (C=O) groups is 1. The van der Waals surface area contributed by atoms with Crippen molar-refractivity contribution in [1.82, 2.24) is 0 Å². The fourth-order valence-electron chi connectivity index (χ4n) is 1.21. The van der Waals surface area contributed by atoms with Gasteiger partial charge in [-0.3, -0.25) is 4.79 Å². The van der Waals surface area contributed by atoms with E-state index in [1.807, 2.05) is 13.0 Å². The molecule has 1 aromatic carbocycles. The Kier molecular flexibility index (Phi) is 4.78. The number of primary amides is 1. The average Bonchev–Trinajstić information content (AvgIpc) is 2.26. The Morgan fingerprint density at radius 1 is 1.47 bits per heavy atom. The maximum Gasteiger partial charge on any atom is 0.223 e. The summed E-state index contributed by atoms with van der Waals surface area (Å²) in [6, 6.07) is 5.28. The zero-order chi connectivity index (χ0) is 13.0. The van der Waals surface area contributed by atoms with E-state index in [4.69, 9.17) is 27.8 Å². The number of nitrogens with two attached hydrogens (primary N) is 2. The lowest BCUT2D eigenvalue weighted by molar-refractivity contribution is -0.122. The van der Waals surface area contributed by atoms with Crippen LogP contribution < -0.4 is 16.2 Å². The number of carbonyl (C=O) groups excluding carboxylic acids is 1. The standard InChI is InChI=1S/C12H17ClN2O2/c1-7(12(15)16)6-17-11-4-3-9(8(2)14)5-10(11)13/h3-5,7-8H,6,14H2,1-2H3,(H2,15,16)/t7?,8-/m0/s1. The second-order valence-electron chi connectivity index (χ2n) is 4.09. The first-order chi connectivity index (χ1) is 7.91. The molecule has 94 valence electrons. The quantitative estimate of drug-likeness (QED) is 0.844. The number of amides is 1. The monoisotopic (exact) mass is 256 g/mol. The van der Waals surface area contributed by atoms with Crippen molar-refractivity contribution in [3.05, 3.63) is 28.8 Å². The summed E-state index contributed by atoms with van der Waals surface area (Å²) >= 11 is 6.04. The van der Waals surface area contributed by atoms with Gasteiger partial charge in [0.05, 0.1) is 17.5 Å². The molecule has 0 aliphatic carbocycles. The van der Waals surface area contributed by atoms with E-state index in [1.165, 1.54) is 0 Å². The van der Waals surface area contributed by atoms with Gasteiger partial charge < -0.3 is 16.2 Å². The summed E-state index contributed by atoms with van der Waals surface area (Å²) in [4.78, 5) is 10.8. The van der Waals surface area contributed by atoms with E-state index in [2.05, 4.69) is 0 Å². The summed E-state index contributed by atoms with van der Waals surface area (Å²) in [6.45, 7) is 3.79. The molecule has 4 N–H and O–H groups in total. The molecule has 0 aliphatic rings. The van der Waals surface area contributed by atoms with E-state index < -0.39 is 5.91 Å². The molecule has 0 saturated carbocycles. The van der Waals surface area contributed by atoms with Crippen LogP contribution >= 0.6 is 11.6 Å². The Hall–Kier alpha value is -1.26. The molecule has 0 saturated heterocycles. The Morgan fingerprint density at radius 2 is 2.12 bits per heavy atom. The third kappa shape index (κ3) is 3.91. The molecule has 2 atom stereocenters. The fourth-order valence-corrected chi connectivity index (χ4v) is 1.46. The fraction of sp³-hybridized carbons (Fsp3) is 0.417. The van der Waals surface area contributed by atoms with Gasteiger partial charge in [-0.1, -0.05) is 24.6 Å². The van der Waals surface area contributed by atoms with Gasteiger partial charge in [0.15, 0.2) is 0 Å². The van der Waals surface area contributed by atoms with Gasteiger partial charge in [0, 0.05) is 6.04 Å². The van der Waals surface area contributed by atoms with Gasteiger partial charge in [0.25, 0.3) is 0 Å². The van der Waals surface area contributed by atoms with Crippen molar-refractivity contribution in [3.63, 3.8) is 0 Å². The van der Waals surface area contributed by atoms with E-state index in [1.54, 1.807) is 19.1 Å². The summed E-state index contributed by atoms with van der Waals surface area (Å²) in [5.74, 6) is -0.211. The first-order valence-corrected chi connectivity index (χ1v) is 5.76. The molecule has 0 radical (unpaired) electrons. The van der Waals surface area contributed by atoms with Crippen LogP contribution in [0.4, 0.5) is 0 Å². The predicted octanol–water partition coefficient (Wildman–Crippen LogP) is 1.86. The molecule has 1 unspecified atom stereocenters. The minimum atomic E-state index is -0.395. The molecule has 4 nitrogen and oxygen atoms in total. The zero-order valence-electron chi connectivity index (χ0n) is 9.94. The van der Waals surface area contributed by atoms with Gasteiger partial charge in [-0.15, -0.1) is 0 Å². The second kappa shape index (κ2) is 5.89. The first-order valence-electron chi connectivity index (χ1n) is 5.39. The number of halogens is 1. The van der Waals surface area contributed by atoms with Gasteiger partial charge in [0.2, 0.25) is 5.91 Å². The number of ether oxygens (including phenoxy) is 1. The largest absolute Gasteiger partial charge is 0.491 e. The highest BCUT2D eigenvalue weighted by Crippen LogP contribution is 2.27. The first kappa shape index (κ1) is 13.8. The molecule has 1 rings (SSSR count). The molecular formula is C12H17ClN2O2. The minimum Gasteiger partial charge on any atom is -0.491 e. The SMILES string of the molecule is CC(COc1ccc([C@H](C)N)cc1Cl)C(N)=O. The Bertz CT molecular complexity index is 407. The van der Waals surface area contributed by atoms with E-state index in [0.29, 0.717) is 10.8 Å². The van der Waals surface area contributed by atoms with E-state index in [9.17, 15) is 4.79 Å². The van der Waals surface area contributed by atoms with Gasteiger partial charge in [-0.25, -0.2) is 0 Å². The van der Waals surface area contributed by atoms with Crippen molar-refractivity contribution < 1.29 is 9.53 Å². The van der Waals surface area contributed by atoms with Gasteiger partial charge in [-0.05, 0) is 24.6 Å². The maximum atomic E-state index is 10.8. The molecule has 0 bridgehead atoms. The smallest absolute Gasteiger partial charge is 0.223 e. The van der Waals surface area contributed by atoms with E-state index >= 15 is 0 Å².